The Morgan fingerprint density at radius 2 is 1.81 bits per heavy atom. The van der Waals surface area contributed by atoms with E-state index in [2.05, 4.69) is 0 Å². The number of carbonyl (C=O) groups is 2. The summed E-state index contributed by atoms with van der Waals surface area (Å²) in [5.74, 6) is -1.10. The number of benzene rings is 3. The van der Waals surface area contributed by atoms with Crippen LogP contribution < -0.4 is 14.4 Å². The maximum Gasteiger partial charge on any atom is 0.294 e. The smallest absolute Gasteiger partial charge is 0.294 e. The van der Waals surface area contributed by atoms with E-state index in [4.69, 9.17) is 25.5 Å². The van der Waals surface area contributed by atoms with Gasteiger partial charge in [0.1, 0.15) is 5.75 Å². The van der Waals surface area contributed by atoms with E-state index in [1.165, 1.54) is 25.2 Å². The van der Waals surface area contributed by atoms with Crippen molar-refractivity contribution in [3.63, 3.8) is 0 Å². The van der Waals surface area contributed by atoms with Crippen molar-refractivity contribution in [2.24, 2.45) is 0 Å². The average Bonchev–Trinajstić information content (AvgIpc) is 3.42. The molecule has 3 aromatic carbocycles. The molecule has 2 heterocycles. The fourth-order valence-corrected chi connectivity index (χ4v) is 4.71. The highest BCUT2D eigenvalue weighted by molar-refractivity contribution is 6.31. The molecule has 0 spiro atoms. The second kappa shape index (κ2) is 9.09. The van der Waals surface area contributed by atoms with Gasteiger partial charge in [-0.15, -0.1) is 0 Å². The van der Waals surface area contributed by atoms with Crippen LogP contribution >= 0.6 is 11.6 Å². The predicted molar refractivity (Wildman–Crippen MR) is 136 cm³/mol. The van der Waals surface area contributed by atoms with Gasteiger partial charge in [-0.1, -0.05) is 35.9 Å². The number of methoxy groups -OCH3 is 2. The standard InChI is InChI=1S/C28H22ClNO6/c1-15-6-4-8-19(10-15)30-24(16-7-5-9-20(12-16)34-2)23(26(32)28(30)33)25(31)21-13-17-11-18(29)14-22(35-3)27(17)36-21/h4-14,24,32H,1-3H3. The van der Waals surface area contributed by atoms with Crippen LogP contribution in [0.15, 0.2) is 82.5 Å². The summed E-state index contributed by atoms with van der Waals surface area (Å²) in [7, 11) is 3.00. The second-order valence-corrected chi connectivity index (χ2v) is 8.86. The number of Topliss-reactive ketones (excluding diaryl/α,β-unsaturated/α-hetero) is 1. The Hall–Kier alpha value is -4.23. The molecule has 0 fully saturated rings. The molecule has 1 N–H and O–H groups in total. The zero-order chi connectivity index (χ0) is 25.6. The van der Waals surface area contributed by atoms with E-state index in [9.17, 15) is 14.7 Å². The molecule has 1 amide bonds. The molecule has 1 aliphatic heterocycles. The lowest BCUT2D eigenvalue weighted by Gasteiger charge is -2.27. The second-order valence-electron chi connectivity index (χ2n) is 8.42. The van der Waals surface area contributed by atoms with Crippen LogP contribution in [0.5, 0.6) is 11.5 Å². The van der Waals surface area contributed by atoms with Crippen LogP contribution in [0.1, 0.15) is 27.7 Å². The monoisotopic (exact) mass is 503 g/mol. The van der Waals surface area contributed by atoms with Crippen LogP contribution in [0.2, 0.25) is 5.02 Å². The Morgan fingerprint density at radius 3 is 2.53 bits per heavy atom. The molecule has 1 aliphatic rings. The first-order valence-corrected chi connectivity index (χ1v) is 11.5. The number of nitrogens with zero attached hydrogens (tertiary/aromatic N) is 1. The predicted octanol–water partition coefficient (Wildman–Crippen LogP) is 6.19. The highest BCUT2D eigenvalue weighted by Gasteiger charge is 2.45. The lowest BCUT2D eigenvalue weighted by molar-refractivity contribution is -0.117. The summed E-state index contributed by atoms with van der Waals surface area (Å²) >= 11 is 6.17. The third-order valence-corrected chi connectivity index (χ3v) is 6.35. The van der Waals surface area contributed by atoms with Crippen LogP contribution in [-0.4, -0.2) is 31.0 Å². The topological polar surface area (TPSA) is 89.2 Å². The van der Waals surface area contributed by atoms with Gasteiger partial charge in [0.25, 0.3) is 5.91 Å². The Morgan fingerprint density at radius 1 is 1.03 bits per heavy atom. The Balaban J connectivity index is 1.68. The van der Waals surface area contributed by atoms with Crippen LogP contribution in [0.4, 0.5) is 5.69 Å². The molecular weight excluding hydrogens is 482 g/mol. The van der Waals surface area contributed by atoms with E-state index >= 15 is 0 Å². The lowest BCUT2D eigenvalue weighted by Crippen LogP contribution is -2.31. The van der Waals surface area contributed by atoms with Crippen molar-refractivity contribution in [3.05, 3.63) is 100.0 Å². The van der Waals surface area contributed by atoms with E-state index in [0.717, 1.165) is 5.56 Å². The number of aliphatic hydroxyl groups is 1. The fourth-order valence-electron chi connectivity index (χ4n) is 4.49. The van der Waals surface area contributed by atoms with Gasteiger partial charge < -0.3 is 19.0 Å². The lowest BCUT2D eigenvalue weighted by atomic mass is 9.94. The average molecular weight is 504 g/mol. The van der Waals surface area contributed by atoms with Gasteiger partial charge in [-0.05, 0) is 54.4 Å². The third-order valence-electron chi connectivity index (χ3n) is 6.13. The number of ether oxygens (including phenoxy) is 2. The van der Waals surface area contributed by atoms with E-state index in [1.54, 1.807) is 42.5 Å². The molecule has 36 heavy (non-hydrogen) atoms. The van der Waals surface area contributed by atoms with Crippen molar-refractivity contribution >= 4 is 39.9 Å². The Bertz CT molecular complexity index is 1550. The van der Waals surface area contributed by atoms with E-state index < -0.39 is 23.5 Å². The minimum Gasteiger partial charge on any atom is -0.503 e. The number of amides is 1. The number of rotatable bonds is 6. The number of hydrogen-bond acceptors (Lipinski definition) is 6. The summed E-state index contributed by atoms with van der Waals surface area (Å²) in [6.07, 6.45) is 0. The van der Waals surface area contributed by atoms with Crippen molar-refractivity contribution in [2.45, 2.75) is 13.0 Å². The number of hydrogen-bond donors (Lipinski definition) is 1. The summed E-state index contributed by atoms with van der Waals surface area (Å²) in [6.45, 7) is 1.90. The maximum absolute atomic E-state index is 13.8. The van der Waals surface area contributed by atoms with Gasteiger partial charge in [0, 0.05) is 22.2 Å². The number of anilines is 1. The van der Waals surface area contributed by atoms with E-state index in [-0.39, 0.29) is 11.3 Å². The number of carbonyl (C=O) groups excluding carboxylic acids is 2. The molecule has 0 aliphatic carbocycles. The highest BCUT2D eigenvalue weighted by Crippen LogP contribution is 2.43. The number of ketones is 1. The number of halogens is 1. The van der Waals surface area contributed by atoms with Gasteiger partial charge in [0.2, 0.25) is 5.78 Å². The minimum absolute atomic E-state index is 0.0566. The summed E-state index contributed by atoms with van der Waals surface area (Å²) < 4.78 is 16.6. The zero-order valence-corrected chi connectivity index (χ0v) is 20.5. The van der Waals surface area contributed by atoms with Gasteiger partial charge in [-0.3, -0.25) is 14.5 Å². The molecule has 1 unspecified atom stereocenters. The van der Waals surface area contributed by atoms with Gasteiger partial charge in [-0.25, -0.2) is 0 Å². The first kappa shape index (κ1) is 23.5. The van der Waals surface area contributed by atoms with Crippen molar-refractivity contribution in [1.29, 1.82) is 0 Å². The molecule has 0 radical (unpaired) electrons. The molecule has 5 rings (SSSR count). The summed E-state index contributed by atoms with van der Waals surface area (Å²) in [4.78, 5) is 28.6. The summed E-state index contributed by atoms with van der Waals surface area (Å²) in [5.41, 5.74) is 2.29. The quantitative estimate of drug-likeness (QED) is 0.315. The van der Waals surface area contributed by atoms with Gasteiger partial charge in [-0.2, -0.15) is 0 Å². The molecular formula is C28H22ClNO6. The molecule has 0 saturated heterocycles. The normalized spacial score (nSPS) is 15.6. The van der Waals surface area contributed by atoms with Crippen molar-refractivity contribution in [3.8, 4) is 11.5 Å². The van der Waals surface area contributed by atoms with Gasteiger partial charge in [0.05, 0.1) is 25.8 Å². The molecule has 182 valence electrons. The SMILES string of the molecule is COc1cccc(C2C(C(=O)c3cc4cc(Cl)cc(OC)c4o3)=C(O)C(=O)N2c2cccc(C)c2)c1. The number of aryl methyl sites for hydroxylation is 1. The van der Waals surface area contributed by atoms with Gasteiger partial charge >= 0.3 is 0 Å². The Kier molecular flexibility index (Phi) is 5.94. The Labute approximate surface area is 212 Å². The first-order valence-electron chi connectivity index (χ1n) is 11.1. The van der Waals surface area contributed by atoms with E-state index in [1.807, 2.05) is 25.1 Å². The van der Waals surface area contributed by atoms with Crippen LogP contribution in [-0.2, 0) is 4.79 Å². The molecule has 7 nitrogen and oxygen atoms in total. The van der Waals surface area contributed by atoms with Gasteiger partial charge in [0.15, 0.2) is 22.9 Å². The third kappa shape index (κ3) is 3.87. The first-order chi connectivity index (χ1) is 17.3. The van der Waals surface area contributed by atoms with Crippen molar-refractivity contribution in [1.82, 2.24) is 0 Å². The fraction of sp³-hybridized carbons (Fsp3) is 0.143. The molecule has 1 atom stereocenters. The molecule has 1 aromatic heterocycles. The molecule has 8 heteroatoms. The number of aliphatic hydroxyl groups excluding tert-OH is 1. The molecule has 0 bridgehead atoms. The van der Waals surface area contributed by atoms with Crippen LogP contribution in [0, 0.1) is 6.92 Å². The summed E-state index contributed by atoms with van der Waals surface area (Å²) in [5, 5.41) is 12.0. The number of furan rings is 1. The summed E-state index contributed by atoms with van der Waals surface area (Å²) in [6, 6.07) is 18.1. The van der Waals surface area contributed by atoms with Crippen LogP contribution in [0.3, 0.4) is 0 Å². The maximum atomic E-state index is 13.8. The largest absolute Gasteiger partial charge is 0.503 e. The molecule has 0 saturated carbocycles. The van der Waals surface area contributed by atoms with Crippen molar-refractivity contribution in [2.75, 3.05) is 19.1 Å². The highest BCUT2D eigenvalue weighted by atomic mass is 35.5. The van der Waals surface area contributed by atoms with E-state index in [0.29, 0.717) is 38.7 Å². The molecule has 4 aromatic rings. The zero-order valence-electron chi connectivity index (χ0n) is 19.7. The van der Waals surface area contributed by atoms with Crippen molar-refractivity contribution < 1.29 is 28.6 Å². The van der Waals surface area contributed by atoms with Crippen LogP contribution in [0.25, 0.3) is 11.0 Å². The minimum atomic E-state index is -0.916. The number of fused-ring (bicyclic) bond motifs is 1.